The van der Waals surface area contributed by atoms with Gasteiger partial charge in [-0.2, -0.15) is 5.10 Å². The third-order valence-electron chi connectivity index (χ3n) is 2.90. The molecule has 23 heavy (non-hydrogen) atoms. The molecular weight excluding hydrogens is 368 g/mol. The molecule has 2 rings (SSSR count). The van der Waals surface area contributed by atoms with Crippen molar-refractivity contribution in [3.8, 4) is 17.2 Å². The van der Waals surface area contributed by atoms with Crippen molar-refractivity contribution in [2.45, 2.75) is 0 Å². The van der Waals surface area contributed by atoms with Gasteiger partial charge in [-0.25, -0.2) is 5.43 Å². The van der Waals surface area contributed by atoms with Gasteiger partial charge in [-0.05, 0) is 40.2 Å². The molecule has 1 aromatic carbocycles. The van der Waals surface area contributed by atoms with Crippen molar-refractivity contribution in [1.29, 1.82) is 0 Å². The highest BCUT2D eigenvalue weighted by molar-refractivity contribution is 9.10. The van der Waals surface area contributed by atoms with E-state index in [9.17, 15) is 4.79 Å². The normalized spacial score (nSPS) is 10.6. The largest absolute Gasteiger partial charge is 0.493 e. The Kier molecular flexibility index (Phi) is 5.64. The minimum atomic E-state index is -0.466. The third kappa shape index (κ3) is 3.84. The first kappa shape index (κ1) is 16.9. The van der Waals surface area contributed by atoms with E-state index in [4.69, 9.17) is 18.6 Å². The van der Waals surface area contributed by atoms with Crippen molar-refractivity contribution in [3.05, 3.63) is 40.3 Å². The molecular formula is C15H15BrN2O5. The maximum atomic E-state index is 11.8. The van der Waals surface area contributed by atoms with Gasteiger partial charge in [0.1, 0.15) is 0 Å². The smallest absolute Gasteiger partial charge is 0.307 e. The molecule has 7 nitrogen and oxygen atoms in total. The lowest BCUT2D eigenvalue weighted by atomic mass is 10.2. The lowest BCUT2D eigenvalue weighted by Crippen LogP contribution is -2.16. The van der Waals surface area contributed by atoms with Crippen LogP contribution >= 0.6 is 15.9 Å². The average Bonchev–Trinajstić information content (AvgIpc) is 3.00. The Labute approximate surface area is 141 Å². The summed E-state index contributed by atoms with van der Waals surface area (Å²) in [4.78, 5) is 11.8. The molecule has 0 aliphatic carbocycles. The van der Waals surface area contributed by atoms with Gasteiger partial charge in [0.15, 0.2) is 21.9 Å². The highest BCUT2D eigenvalue weighted by Gasteiger charge is 2.15. The second-order valence-corrected chi connectivity index (χ2v) is 5.01. The lowest BCUT2D eigenvalue weighted by molar-refractivity contribution is 0.0926. The van der Waals surface area contributed by atoms with Crippen molar-refractivity contribution in [3.63, 3.8) is 0 Å². The van der Waals surface area contributed by atoms with Gasteiger partial charge in [-0.15, -0.1) is 0 Å². The molecule has 0 aliphatic heterocycles. The molecule has 0 spiro atoms. The fourth-order valence-electron chi connectivity index (χ4n) is 1.88. The highest BCUT2D eigenvalue weighted by atomic mass is 79.9. The van der Waals surface area contributed by atoms with Crippen LogP contribution in [0.1, 0.15) is 16.1 Å². The molecule has 2 aromatic rings. The number of carbonyl (C=O) groups is 1. The second-order valence-electron chi connectivity index (χ2n) is 4.23. The Bertz CT molecular complexity index is 727. The zero-order valence-electron chi connectivity index (χ0n) is 12.8. The van der Waals surface area contributed by atoms with Gasteiger partial charge in [0.25, 0.3) is 0 Å². The van der Waals surface area contributed by atoms with Crippen molar-refractivity contribution in [1.82, 2.24) is 5.43 Å². The van der Waals surface area contributed by atoms with Gasteiger partial charge < -0.3 is 18.6 Å². The molecule has 122 valence electrons. The number of rotatable bonds is 6. The number of methoxy groups -OCH3 is 3. The van der Waals surface area contributed by atoms with E-state index in [0.717, 1.165) is 0 Å². The number of furan rings is 1. The Morgan fingerprint density at radius 2 is 1.87 bits per heavy atom. The summed E-state index contributed by atoms with van der Waals surface area (Å²) < 4.78 is 21.4. The summed E-state index contributed by atoms with van der Waals surface area (Å²) in [6.45, 7) is 0. The Morgan fingerprint density at radius 3 is 2.43 bits per heavy atom. The quantitative estimate of drug-likeness (QED) is 0.613. The summed E-state index contributed by atoms with van der Waals surface area (Å²) >= 11 is 3.13. The van der Waals surface area contributed by atoms with Crippen molar-refractivity contribution in [2.24, 2.45) is 5.10 Å². The van der Waals surface area contributed by atoms with E-state index in [0.29, 0.717) is 27.5 Å². The van der Waals surface area contributed by atoms with Crippen molar-refractivity contribution >= 4 is 28.1 Å². The maximum Gasteiger partial charge on any atom is 0.307 e. The van der Waals surface area contributed by atoms with Crippen LogP contribution in [-0.2, 0) is 0 Å². The molecule has 0 atom stereocenters. The molecule has 1 N–H and O–H groups in total. The van der Waals surface area contributed by atoms with Crippen LogP contribution in [-0.4, -0.2) is 33.5 Å². The average molecular weight is 383 g/mol. The fraction of sp³-hybridized carbons (Fsp3) is 0.200. The number of nitrogens with zero attached hydrogens (tertiary/aromatic N) is 1. The van der Waals surface area contributed by atoms with E-state index in [1.807, 2.05) is 0 Å². The molecule has 8 heteroatoms. The van der Waals surface area contributed by atoms with E-state index in [1.54, 1.807) is 18.2 Å². The van der Waals surface area contributed by atoms with E-state index in [1.165, 1.54) is 33.6 Å². The van der Waals surface area contributed by atoms with Crippen LogP contribution in [0.5, 0.6) is 17.2 Å². The molecule has 0 saturated carbocycles. The summed E-state index contributed by atoms with van der Waals surface area (Å²) in [7, 11) is 4.55. The molecule has 1 aromatic heterocycles. The van der Waals surface area contributed by atoms with E-state index in [2.05, 4.69) is 26.5 Å². The number of nitrogens with one attached hydrogen (secondary N) is 1. The second kappa shape index (κ2) is 7.68. The van der Waals surface area contributed by atoms with E-state index in [-0.39, 0.29) is 5.76 Å². The minimum Gasteiger partial charge on any atom is -0.493 e. The van der Waals surface area contributed by atoms with Gasteiger partial charge in [-0.1, -0.05) is 0 Å². The van der Waals surface area contributed by atoms with Gasteiger partial charge in [-0.3, -0.25) is 4.79 Å². The molecule has 1 heterocycles. The summed E-state index contributed by atoms with van der Waals surface area (Å²) in [5.74, 6) is 1.11. The van der Waals surface area contributed by atoms with Crippen LogP contribution in [0, 0.1) is 0 Å². The molecule has 0 bridgehead atoms. The molecule has 0 fully saturated rings. The number of halogens is 1. The standard InChI is InChI=1S/C15H15BrN2O5/c1-20-10-5-4-9(13(21-2)14(10)22-3)8-17-18-15(19)11-6-7-12(16)23-11/h4-8H,1-3H3,(H,18,19). The van der Waals surface area contributed by atoms with Crippen molar-refractivity contribution in [2.75, 3.05) is 21.3 Å². The highest BCUT2D eigenvalue weighted by Crippen LogP contribution is 2.38. The number of hydrogen-bond acceptors (Lipinski definition) is 6. The number of hydrazone groups is 1. The molecule has 1 amide bonds. The number of amides is 1. The van der Waals surface area contributed by atoms with Gasteiger partial charge >= 0.3 is 5.91 Å². The minimum absolute atomic E-state index is 0.147. The first-order chi connectivity index (χ1) is 11.1. The summed E-state index contributed by atoms with van der Waals surface area (Å²) in [6, 6.07) is 6.61. The number of carbonyl (C=O) groups excluding carboxylic acids is 1. The lowest BCUT2D eigenvalue weighted by Gasteiger charge is -2.13. The zero-order chi connectivity index (χ0) is 16.8. The van der Waals surface area contributed by atoms with E-state index < -0.39 is 5.91 Å². The van der Waals surface area contributed by atoms with Crippen molar-refractivity contribution < 1.29 is 23.4 Å². The number of hydrogen-bond donors (Lipinski definition) is 1. The van der Waals surface area contributed by atoms with Crippen LogP contribution in [0.3, 0.4) is 0 Å². The first-order valence-corrected chi connectivity index (χ1v) is 7.27. The first-order valence-electron chi connectivity index (χ1n) is 6.48. The van der Waals surface area contributed by atoms with Crippen LogP contribution < -0.4 is 19.6 Å². The monoisotopic (exact) mass is 382 g/mol. The maximum absolute atomic E-state index is 11.8. The molecule has 0 saturated heterocycles. The summed E-state index contributed by atoms with van der Waals surface area (Å²) in [5.41, 5.74) is 2.98. The van der Waals surface area contributed by atoms with E-state index >= 15 is 0 Å². The van der Waals surface area contributed by atoms with Crippen LogP contribution in [0.25, 0.3) is 0 Å². The SMILES string of the molecule is COc1ccc(C=NNC(=O)c2ccc(Br)o2)c(OC)c1OC. The van der Waals surface area contributed by atoms with Crippen LogP contribution in [0.4, 0.5) is 0 Å². The Morgan fingerprint density at radius 1 is 1.13 bits per heavy atom. The molecule has 0 aliphatic rings. The summed E-state index contributed by atoms with van der Waals surface area (Å²) in [6.07, 6.45) is 1.44. The fourth-order valence-corrected chi connectivity index (χ4v) is 2.18. The van der Waals surface area contributed by atoms with Crippen LogP contribution in [0.2, 0.25) is 0 Å². The predicted molar refractivity (Wildman–Crippen MR) is 87.6 cm³/mol. The van der Waals surface area contributed by atoms with Gasteiger partial charge in [0, 0.05) is 5.56 Å². The Balaban J connectivity index is 2.17. The van der Waals surface area contributed by atoms with Gasteiger partial charge in [0.2, 0.25) is 5.75 Å². The third-order valence-corrected chi connectivity index (χ3v) is 3.33. The molecule has 0 unspecified atom stereocenters. The molecule has 0 radical (unpaired) electrons. The van der Waals surface area contributed by atoms with Gasteiger partial charge in [0.05, 0.1) is 27.5 Å². The summed E-state index contributed by atoms with van der Waals surface area (Å²) in [5, 5.41) is 3.89. The topological polar surface area (TPSA) is 82.3 Å². The number of ether oxygens (including phenoxy) is 3. The predicted octanol–water partition coefficient (Wildman–Crippen LogP) is 2.83. The Hall–Kier alpha value is -2.48. The number of benzene rings is 1. The zero-order valence-corrected chi connectivity index (χ0v) is 14.3. The van der Waals surface area contributed by atoms with Crippen LogP contribution in [0.15, 0.2) is 38.5 Å².